The Kier molecular flexibility index (Phi) is 6.11. The number of hydrogen-bond acceptors (Lipinski definition) is 4. The number of benzene rings is 2. The maximum absolute atomic E-state index is 12.6. The molecule has 5 heteroatoms. The number of aromatic nitrogens is 2. The average molecular weight is 395 g/mol. The Bertz CT molecular complexity index is 1120. The summed E-state index contributed by atoms with van der Waals surface area (Å²) < 4.78 is 5.81. The highest BCUT2D eigenvalue weighted by Crippen LogP contribution is 2.18. The zero-order valence-corrected chi connectivity index (χ0v) is 16.4. The number of amides is 1. The summed E-state index contributed by atoms with van der Waals surface area (Å²) in [6.07, 6.45) is 7.06. The lowest BCUT2D eigenvalue weighted by Gasteiger charge is -2.09. The maximum atomic E-state index is 12.6. The van der Waals surface area contributed by atoms with E-state index in [1.54, 1.807) is 36.9 Å². The van der Waals surface area contributed by atoms with Crippen molar-refractivity contribution in [3.05, 3.63) is 114 Å². The fourth-order valence-corrected chi connectivity index (χ4v) is 3.03. The SMILES string of the molecule is O=C(NCc1cncc(-c2cccnc2)c1)c1cccc(OCc2ccccc2)c1. The molecule has 0 aliphatic heterocycles. The summed E-state index contributed by atoms with van der Waals surface area (Å²) >= 11 is 0. The Labute approximate surface area is 175 Å². The molecule has 0 spiro atoms. The summed E-state index contributed by atoms with van der Waals surface area (Å²) in [7, 11) is 0. The molecule has 0 fully saturated rings. The second-order valence-corrected chi connectivity index (χ2v) is 6.81. The fourth-order valence-electron chi connectivity index (χ4n) is 3.03. The predicted octanol–water partition coefficient (Wildman–Crippen LogP) is 4.65. The summed E-state index contributed by atoms with van der Waals surface area (Å²) in [6, 6.07) is 23.0. The van der Waals surface area contributed by atoms with Crippen LogP contribution in [0, 0.1) is 0 Å². The van der Waals surface area contributed by atoms with E-state index in [9.17, 15) is 4.79 Å². The van der Waals surface area contributed by atoms with Crippen molar-refractivity contribution in [3.8, 4) is 16.9 Å². The van der Waals surface area contributed by atoms with Crippen molar-refractivity contribution in [2.45, 2.75) is 13.2 Å². The molecule has 0 saturated carbocycles. The van der Waals surface area contributed by atoms with Crippen LogP contribution in [0.1, 0.15) is 21.5 Å². The van der Waals surface area contributed by atoms with Gasteiger partial charge >= 0.3 is 0 Å². The number of ether oxygens (including phenoxy) is 1. The largest absolute Gasteiger partial charge is 0.489 e. The monoisotopic (exact) mass is 395 g/mol. The Hall–Kier alpha value is -3.99. The number of carbonyl (C=O) groups excluding carboxylic acids is 1. The molecule has 0 aliphatic carbocycles. The summed E-state index contributed by atoms with van der Waals surface area (Å²) in [6.45, 7) is 0.841. The predicted molar refractivity (Wildman–Crippen MR) is 116 cm³/mol. The van der Waals surface area contributed by atoms with Gasteiger partial charge in [0, 0.05) is 48.0 Å². The van der Waals surface area contributed by atoms with Gasteiger partial charge in [-0.05, 0) is 41.5 Å². The van der Waals surface area contributed by atoms with Gasteiger partial charge in [0.1, 0.15) is 12.4 Å². The molecule has 30 heavy (non-hydrogen) atoms. The van der Waals surface area contributed by atoms with Gasteiger partial charge in [0.25, 0.3) is 5.91 Å². The van der Waals surface area contributed by atoms with E-state index in [0.717, 1.165) is 22.3 Å². The van der Waals surface area contributed by atoms with E-state index in [1.165, 1.54) is 0 Å². The summed E-state index contributed by atoms with van der Waals surface area (Å²) in [5, 5.41) is 2.94. The summed E-state index contributed by atoms with van der Waals surface area (Å²) in [4.78, 5) is 21.0. The second-order valence-electron chi connectivity index (χ2n) is 6.81. The molecule has 5 nitrogen and oxygen atoms in total. The van der Waals surface area contributed by atoms with E-state index in [-0.39, 0.29) is 5.91 Å². The first-order valence-electron chi connectivity index (χ1n) is 9.67. The van der Waals surface area contributed by atoms with Crippen LogP contribution in [0.5, 0.6) is 5.75 Å². The smallest absolute Gasteiger partial charge is 0.251 e. The van der Waals surface area contributed by atoms with Crippen molar-refractivity contribution >= 4 is 5.91 Å². The van der Waals surface area contributed by atoms with Crippen LogP contribution in [0.15, 0.2) is 97.6 Å². The summed E-state index contributed by atoms with van der Waals surface area (Å²) in [5.41, 5.74) is 4.50. The van der Waals surface area contributed by atoms with E-state index < -0.39 is 0 Å². The third-order valence-corrected chi connectivity index (χ3v) is 4.59. The van der Waals surface area contributed by atoms with Crippen molar-refractivity contribution < 1.29 is 9.53 Å². The molecule has 0 radical (unpaired) electrons. The number of nitrogens with one attached hydrogen (secondary N) is 1. The lowest BCUT2D eigenvalue weighted by Crippen LogP contribution is -2.22. The first-order chi connectivity index (χ1) is 14.8. The molecule has 0 atom stereocenters. The van der Waals surface area contributed by atoms with E-state index >= 15 is 0 Å². The molecule has 0 unspecified atom stereocenters. The number of pyridine rings is 2. The van der Waals surface area contributed by atoms with Crippen LogP contribution in [0.25, 0.3) is 11.1 Å². The van der Waals surface area contributed by atoms with Crippen LogP contribution in [-0.2, 0) is 13.2 Å². The maximum Gasteiger partial charge on any atom is 0.251 e. The zero-order chi connectivity index (χ0) is 20.6. The minimum atomic E-state index is -0.160. The standard InChI is InChI=1S/C25H21N3O2/c29-25(21-8-4-10-24(13-21)30-18-19-6-2-1-3-7-19)28-15-20-12-23(17-27-14-20)22-9-5-11-26-16-22/h1-14,16-17H,15,18H2,(H,28,29). The highest BCUT2D eigenvalue weighted by molar-refractivity contribution is 5.94. The van der Waals surface area contributed by atoms with E-state index in [0.29, 0.717) is 24.5 Å². The fraction of sp³-hybridized carbons (Fsp3) is 0.0800. The molecular weight excluding hydrogens is 374 g/mol. The number of rotatable bonds is 7. The zero-order valence-electron chi connectivity index (χ0n) is 16.4. The van der Waals surface area contributed by atoms with Crippen LogP contribution in [0.4, 0.5) is 0 Å². The molecule has 1 N–H and O–H groups in total. The van der Waals surface area contributed by atoms with Gasteiger partial charge in [-0.1, -0.05) is 42.5 Å². The third kappa shape index (κ3) is 5.08. The van der Waals surface area contributed by atoms with Crippen molar-refractivity contribution in [3.63, 3.8) is 0 Å². The Morgan fingerprint density at radius 3 is 2.50 bits per heavy atom. The van der Waals surface area contributed by atoms with E-state index in [4.69, 9.17) is 4.74 Å². The molecule has 2 aromatic carbocycles. The van der Waals surface area contributed by atoms with Crippen molar-refractivity contribution in [1.29, 1.82) is 0 Å². The van der Waals surface area contributed by atoms with Gasteiger partial charge in [0.05, 0.1) is 0 Å². The summed E-state index contributed by atoms with van der Waals surface area (Å²) in [5.74, 6) is 0.499. The van der Waals surface area contributed by atoms with Crippen LogP contribution in [0.3, 0.4) is 0 Å². The molecule has 0 bridgehead atoms. The molecule has 2 aromatic heterocycles. The Morgan fingerprint density at radius 1 is 0.800 bits per heavy atom. The first kappa shape index (κ1) is 19.3. The minimum absolute atomic E-state index is 0.160. The van der Waals surface area contributed by atoms with Crippen molar-refractivity contribution in [2.75, 3.05) is 0 Å². The van der Waals surface area contributed by atoms with Gasteiger partial charge in [-0.3, -0.25) is 14.8 Å². The highest BCUT2D eigenvalue weighted by Gasteiger charge is 2.08. The number of hydrogen-bond donors (Lipinski definition) is 1. The molecule has 0 saturated heterocycles. The molecule has 4 aromatic rings. The van der Waals surface area contributed by atoms with Crippen LogP contribution < -0.4 is 10.1 Å². The van der Waals surface area contributed by atoms with Crippen molar-refractivity contribution in [1.82, 2.24) is 15.3 Å². The van der Waals surface area contributed by atoms with E-state index in [2.05, 4.69) is 15.3 Å². The third-order valence-electron chi connectivity index (χ3n) is 4.59. The number of carbonyl (C=O) groups is 1. The van der Waals surface area contributed by atoms with Gasteiger partial charge in [-0.15, -0.1) is 0 Å². The molecule has 1 amide bonds. The number of nitrogens with zero attached hydrogens (tertiary/aromatic N) is 2. The second kappa shape index (κ2) is 9.47. The topological polar surface area (TPSA) is 64.1 Å². The minimum Gasteiger partial charge on any atom is -0.489 e. The lowest BCUT2D eigenvalue weighted by atomic mass is 10.1. The van der Waals surface area contributed by atoms with Crippen LogP contribution in [-0.4, -0.2) is 15.9 Å². The van der Waals surface area contributed by atoms with Crippen molar-refractivity contribution in [2.24, 2.45) is 0 Å². The van der Waals surface area contributed by atoms with Crippen LogP contribution >= 0.6 is 0 Å². The molecule has 2 heterocycles. The molecule has 148 valence electrons. The Morgan fingerprint density at radius 2 is 1.67 bits per heavy atom. The van der Waals surface area contributed by atoms with Gasteiger partial charge in [0.2, 0.25) is 0 Å². The first-order valence-corrected chi connectivity index (χ1v) is 9.67. The molecule has 4 rings (SSSR count). The van der Waals surface area contributed by atoms with Gasteiger partial charge < -0.3 is 10.1 Å². The van der Waals surface area contributed by atoms with Gasteiger partial charge in [-0.25, -0.2) is 0 Å². The Balaban J connectivity index is 1.37. The van der Waals surface area contributed by atoms with E-state index in [1.807, 2.05) is 60.7 Å². The van der Waals surface area contributed by atoms with Crippen LogP contribution in [0.2, 0.25) is 0 Å². The molecule has 0 aliphatic rings. The molecular formula is C25H21N3O2. The van der Waals surface area contributed by atoms with Gasteiger partial charge in [-0.2, -0.15) is 0 Å². The highest BCUT2D eigenvalue weighted by atomic mass is 16.5. The normalized spacial score (nSPS) is 10.4. The average Bonchev–Trinajstić information content (AvgIpc) is 2.83. The quantitative estimate of drug-likeness (QED) is 0.495. The van der Waals surface area contributed by atoms with Gasteiger partial charge in [0.15, 0.2) is 0 Å². The lowest BCUT2D eigenvalue weighted by molar-refractivity contribution is 0.0950.